The Morgan fingerprint density at radius 3 is 2.69 bits per heavy atom. The number of carbonyl (C=O) groups excluding carboxylic acids is 1. The molecular formula is C19H25N3O4. The van der Waals surface area contributed by atoms with Gasteiger partial charge in [0.05, 0.1) is 11.6 Å². The van der Waals surface area contributed by atoms with Crippen molar-refractivity contribution in [3.63, 3.8) is 0 Å². The standard InChI is InChI=1S/C19H25N3O4/c1-3-26-11-7-10-22(13-14(2)19(24)25)18(23)17-12-16(20-21-17)15-8-5-4-6-9-15/h4-6,8-9,12,14H,3,7,10-11,13H2,1-2H3,(H,20,21)(H,24,25). The molecule has 1 aromatic heterocycles. The summed E-state index contributed by atoms with van der Waals surface area (Å²) in [6.45, 7) is 5.20. The van der Waals surface area contributed by atoms with E-state index in [2.05, 4.69) is 10.2 Å². The third-order valence-electron chi connectivity index (χ3n) is 4.00. The summed E-state index contributed by atoms with van der Waals surface area (Å²) in [5.74, 6) is -1.84. The van der Waals surface area contributed by atoms with Crippen LogP contribution >= 0.6 is 0 Å². The van der Waals surface area contributed by atoms with Gasteiger partial charge in [-0.25, -0.2) is 0 Å². The summed E-state index contributed by atoms with van der Waals surface area (Å²) < 4.78 is 5.31. The average molecular weight is 359 g/mol. The fraction of sp³-hybridized carbons (Fsp3) is 0.421. The van der Waals surface area contributed by atoms with Gasteiger partial charge in [-0.1, -0.05) is 37.3 Å². The molecule has 7 heteroatoms. The fourth-order valence-corrected chi connectivity index (χ4v) is 2.54. The molecule has 0 aliphatic carbocycles. The number of carbonyl (C=O) groups is 2. The molecule has 2 rings (SSSR count). The lowest BCUT2D eigenvalue weighted by molar-refractivity contribution is -0.141. The Morgan fingerprint density at radius 1 is 1.31 bits per heavy atom. The number of hydrogen-bond acceptors (Lipinski definition) is 4. The largest absolute Gasteiger partial charge is 0.481 e. The maximum absolute atomic E-state index is 12.8. The average Bonchev–Trinajstić information content (AvgIpc) is 3.14. The lowest BCUT2D eigenvalue weighted by Gasteiger charge is -2.24. The van der Waals surface area contributed by atoms with Crippen molar-refractivity contribution in [2.75, 3.05) is 26.3 Å². The Balaban J connectivity index is 2.11. The van der Waals surface area contributed by atoms with Crippen molar-refractivity contribution in [3.8, 4) is 11.3 Å². The van der Waals surface area contributed by atoms with Gasteiger partial charge in [-0.3, -0.25) is 14.7 Å². The maximum atomic E-state index is 12.8. The van der Waals surface area contributed by atoms with Crippen LogP contribution in [-0.4, -0.2) is 58.4 Å². The zero-order valence-corrected chi connectivity index (χ0v) is 15.1. The Morgan fingerprint density at radius 2 is 2.04 bits per heavy atom. The van der Waals surface area contributed by atoms with Gasteiger partial charge in [-0.2, -0.15) is 5.10 Å². The van der Waals surface area contributed by atoms with Crippen molar-refractivity contribution in [2.45, 2.75) is 20.3 Å². The molecule has 0 aliphatic rings. The minimum Gasteiger partial charge on any atom is -0.481 e. The van der Waals surface area contributed by atoms with Crippen LogP contribution in [0, 0.1) is 5.92 Å². The number of carboxylic acid groups (broad SMARTS) is 1. The van der Waals surface area contributed by atoms with Gasteiger partial charge < -0.3 is 14.7 Å². The molecular weight excluding hydrogens is 334 g/mol. The molecule has 1 atom stereocenters. The monoisotopic (exact) mass is 359 g/mol. The van der Waals surface area contributed by atoms with E-state index in [4.69, 9.17) is 9.84 Å². The number of amides is 1. The second kappa shape index (κ2) is 9.72. The lowest BCUT2D eigenvalue weighted by Crippen LogP contribution is -2.38. The zero-order valence-electron chi connectivity index (χ0n) is 15.1. The van der Waals surface area contributed by atoms with Gasteiger partial charge in [-0.15, -0.1) is 0 Å². The van der Waals surface area contributed by atoms with Crippen LogP contribution in [0.5, 0.6) is 0 Å². The first-order valence-electron chi connectivity index (χ1n) is 8.73. The van der Waals surface area contributed by atoms with Crippen LogP contribution in [0.25, 0.3) is 11.3 Å². The first kappa shape index (κ1) is 19.7. The number of aromatic amines is 1. The van der Waals surface area contributed by atoms with E-state index in [0.29, 0.717) is 37.6 Å². The van der Waals surface area contributed by atoms with Crippen molar-refractivity contribution in [3.05, 3.63) is 42.1 Å². The molecule has 2 aromatic rings. The molecule has 0 radical (unpaired) electrons. The molecule has 7 nitrogen and oxygen atoms in total. The van der Waals surface area contributed by atoms with E-state index in [9.17, 15) is 9.59 Å². The summed E-state index contributed by atoms with van der Waals surface area (Å²) in [6.07, 6.45) is 0.644. The quantitative estimate of drug-likeness (QED) is 0.636. The second-order valence-corrected chi connectivity index (χ2v) is 6.07. The second-order valence-electron chi connectivity index (χ2n) is 6.07. The SMILES string of the molecule is CCOCCCN(CC(C)C(=O)O)C(=O)c1cc(-c2ccccc2)n[nH]1. The van der Waals surface area contributed by atoms with E-state index in [1.165, 1.54) is 0 Å². The van der Waals surface area contributed by atoms with Crippen molar-refractivity contribution in [1.82, 2.24) is 15.1 Å². The highest BCUT2D eigenvalue weighted by molar-refractivity contribution is 5.93. The molecule has 0 bridgehead atoms. The molecule has 0 saturated carbocycles. The number of carboxylic acids is 1. The van der Waals surface area contributed by atoms with E-state index < -0.39 is 11.9 Å². The molecule has 1 amide bonds. The molecule has 0 spiro atoms. The van der Waals surface area contributed by atoms with Crippen LogP contribution in [0.15, 0.2) is 36.4 Å². The number of rotatable bonds is 10. The third-order valence-corrected chi connectivity index (χ3v) is 4.00. The van der Waals surface area contributed by atoms with Crippen molar-refractivity contribution in [2.24, 2.45) is 5.92 Å². The summed E-state index contributed by atoms with van der Waals surface area (Å²) in [5, 5.41) is 16.1. The first-order valence-corrected chi connectivity index (χ1v) is 8.73. The first-order chi connectivity index (χ1) is 12.5. The third kappa shape index (κ3) is 5.42. The van der Waals surface area contributed by atoms with Crippen LogP contribution in [-0.2, 0) is 9.53 Å². The highest BCUT2D eigenvalue weighted by atomic mass is 16.5. The minimum absolute atomic E-state index is 0.139. The zero-order chi connectivity index (χ0) is 18.9. The summed E-state index contributed by atoms with van der Waals surface area (Å²) in [4.78, 5) is 25.6. The predicted molar refractivity (Wildman–Crippen MR) is 97.8 cm³/mol. The maximum Gasteiger partial charge on any atom is 0.308 e. The van der Waals surface area contributed by atoms with Gasteiger partial charge in [0.15, 0.2) is 0 Å². The number of aromatic nitrogens is 2. The molecule has 1 unspecified atom stereocenters. The van der Waals surface area contributed by atoms with Gasteiger partial charge in [0.2, 0.25) is 0 Å². The summed E-state index contributed by atoms with van der Waals surface area (Å²) >= 11 is 0. The highest BCUT2D eigenvalue weighted by Crippen LogP contribution is 2.18. The van der Waals surface area contributed by atoms with Gasteiger partial charge in [0.25, 0.3) is 5.91 Å². The van der Waals surface area contributed by atoms with Gasteiger partial charge >= 0.3 is 5.97 Å². The number of aliphatic carboxylic acids is 1. The number of nitrogens with one attached hydrogen (secondary N) is 1. The minimum atomic E-state index is -0.929. The number of benzene rings is 1. The molecule has 0 saturated heterocycles. The molecule has 1 aromatic carbocycles. The number of ether oxygens (including phenoxy) is 1. The highest BCUT2D eigenvalue weighted by Gasteiger charge is 2.23. The molecule has 2 N–H and O–H groups in total. The van der Waals surface area contributed by atoms with Crippen molar-refractivity contribution < 1.29 is 19.4 Å². The summed E-state index contributed by atoms with van der Waals surface area (Å²) in [7, 11) is 0. The van der Waals surface area contributed by atoms with E-state index in [1.807, 2.05) is 37.3 Å². The summed E-state index contributed by atoms with van der Waals surface area (Å²) in [6, 6.07) is 11.2. The Hall–Kier alpha value is -2.67. The predicted octanol–water partition coefficient (Wildman–Crippen LogP) is 2.67. The normalized spacial score (nSPS) is 11.9. The van der Waals surface area contributed by atoms with Gasteiger partial charge in [-0.05, 0) is 19.4 Å². The fourth-order valence-electron chi connectivity index (χ4n) is 2.54. The topological polar surface area (TPSA) is 95.5 Å². The Labute approximate surface area is 153 Å². The number of hydrogen-bond donors (Lipinski definition) is 2. The van der Waals surface area contributed by atoms with Crippen LogP contribution in [0.1, 0.15) is 30.8 Å². The smallest absolute Gasteiger partial charge is 0.308 e. The lowest BCUT2D eigenvalue weighted by atomic mass is 10.1. The molecule has 0 aliphatic heterocycles. The van der Waals surface area contributed by atoms with Gasteiger partial charge in [0, 0.05) is 31.9 Å². The van der Waals surface area contributed by atoms with Crippen molar-refractivity contribution in [1.29, 1.82) is 0 Å². The van der Waals surface area contributed by atoms with Crippen LogP contribution in [0.3, 0.4) is 0 Å². The van der Waals surface area contributed by atoms with E-state index >= 15 is 0 Å². The molecule has 26 heavy (non-hydrogen) atoms. The Bertz CT molecular complexity index is 715. The van der Waals surface area contributed by atoms with Crippen LogP contribution in [0.2, 0.25) is 0 Å². The van der Waals surface area contributed by atoms with E-state index in [-0.39, 0.29) is 12.5 Å². The van der Waals surface area contributed by atoms with Gasteiger partial charge in [0.1, 0.15) is 5.69 Å². The summed E-state index contributed by atoms with van der Waals surface area (Å²) in [5.41, 5.74) is 1.93. The Kier molecular flexibility index (Phi) is 7.35. The molecule has 0 fully saturated rings. The van der Waals surface area contributed by atoms with Crippen molar-refractivity contribution >= 4 is 11.9 Å². The van der Waals surface area contributed by atoms with Crippen LogP contribution in [0.4, 0.5) is 0 Å². The number of H-pyrrole nitrogens is 1. The van der Waals surface area contributed by atoms with E-state index in [0.717, 1.165) is 5.56 Å². The number of nitrogens with zero attached hydrogens (tertiary/aromatic N) is 2. The molecule has 140 valence electrons. The van der Waals surface area contributed by atoms with E-state index in [1.54, 1.807) is 17.9 Å². The van der Waals surface area contributed by atoms with Crippen LogP contribution < -0.4 is 0 Å². The molecule has 1 heterocycles.